The van der Waals surface area contributed by atoms with Crippen molar-refractivity contribution >= 4 is 5.82 Å². The number of aromatic nitrogens is 5. The van der Waals surface area contributed by atoms with Crippen LogP contribution < -0.4 is 5.32 Å². The van der Waals surface area contributed by atoms with Gasteiger partial charge in [0.2, 0.25) is 0 Å². The van der Waals surface area contributed by atoms with Gasteiger partial charge in [0.1, 0.15) is 17.5 Å². The van der Waals surface area contributed by atoms with Crippen LogP contribution in [0.3, 0.4) is 0 Å². The molecule has 0 aliphatic carbocycles. The van der Waals surface area contributed by atoms with Crippen LogP contribution >= 0.6 is 0 Å². The Morgan fingerprint density at radius 1 is 1.18 bits per heavy atom. The fraction of sp³-hybridized carbons (Fsp3) is 0.533. The van der Waals surface area contributed by atoms with Crippen LogP contribution in [0.15, 0.2) is 0 Å². The van der Waals surface area contributed by atoms with E-state index in [1.807, 2.05) is 20.8 Å². The molecule has 0 aromatic carbocycles. The molecule has 0 saturated heterocycles. The Hall–Kier alpha value is -2.49. The zero-order valence-electron chi connectivity index (χ0n) is 13.1. The summed E-state index contributed by atoms with van der Waals surface area (Å²) in [6, 6.07) is 2.13. The van der Waals surface area contributed by atoms with Crippen LogP contribution in [-0.2, 0) is 13.0 Å². The molecule has 1 aliphatic heterocycles. The minimum Gasteiger partial charge on any atom is -0.358 e. The Bertz CT molecular complexity index is 741. The highest BCUT2D eigenvalue weighted by Gasteiger charge is 2.21. The van der Waals surface area contributed by atoms with E-state index < -0.39 is 0 Å². The number of aryl methyl sites for hydroxylation is 2. The highest BCUT2D eigenvalue weighted by Crippen LogP contribution is 2.24. The average molecular weight is 297 g/mol. The largest absolute Gasteiger partial charge is 0.358 e. The molecule has 0 radical (unpaired) electrons. The maximum Gasteiger partial charge on any atom is 0.167 e. The van der Waals surface area contributed by atoms with Gasteiger partial charge < -0.3 is 9.88 Å². The Labute approximate surface area is 129 Å². The highest BCUT2D eigenvalue weighted by molar-refractivity contribution is 5.56. The van der Waals surface area contributed by atoms with Crippen LogP contribution in [0.4, 0.5) is 5.82 Å². The topological polar surface area (TPSA) is 92.3 Å². The van der Waals surface area contributed by atoms with E-state index >= 15 is 0 Å². The van der Waals surface area contributed by atoms with Crippen molar-refractivity contribution in [3.8, 4) is 6.07 Å². The molecular formula is C15H19N7. The van der Waals surface area contributed by atoms with Crippen molar-refractivity contribution in [3.63, 3.8) is 0 Å². The first-order chi connectivity index (χ1) is 10.6. The second kappa shape index (κ2) is 5.72. The van der Waals surface area contributed by atoms with Crippen LogP contribution in [0.2, 0.25) is 0 Å². The standard InChI is InChI=1S/C15H19N7/c1-9-10(2)18-20-14(12(9)8-16)17-11(3)15-21-19-13-6-4-5-7-22(13)15/h11H,4-7H2,1-3H3,(H,17,20). The zero-order chi connectivity index (χ0) is 15.7. The fourth-order valence-electron chi connectivity index (χ4n) is 2.77. The van der Waals surface area contributed by atoms with Gasteiger partial charge in [-0.1, -0.05) is 0 Å². The molecule has 7 nitrogen and oxygen atoms in total. The molecule has 1 aliphatic rings. The first-order valence-electron chi connectivity index (χ1n) is 7.54. The molecule has 114 valence electrons. The molecule has 1 N–H and O–H groups in total. The molecule has 1 atom stereocenters. The van der Waals surface area contributed by atoms with E-state index in [9.17, 15) is 5.26 Å². The van der Waals surface area contributed by atoms with Gasteiger partial charge in [0.25, 0.3) is 0 Å². The van der Waals surface area contributed by atoms with Crippen molar-refractivity contribution in [2.45, 2.75) is 52.6 Å². The third kappa shape index (κ3) is 2.41. The Morgan fingerprint density at radius 2 is 2.00 bits per heavy atom. The minimum atomic E-state index is -0.0807. The number of nitrogens with zero attached hydrogens (tertiary/aromatic N) is 6. The normalized spacial score (nSPS) is 15.0. The van der Waals surface area contributed by atoms with Crippen molar-refractivity contribution in [2.24, 2.45) is 0 Å². The van der Waals surface area contributed by atoms with Crippen molar-refractivity contribution in [3.05, 3.63) is 28.5 Å². The summed E-state index contributed by atoms with van der Waals surface area (Å²) >= 11 is 0. The van der Waals surface area contributed by atoms with Crippen LogP contribution in [-0.4, -0.2) is 25.0 Å². The lowest BCUT2D eigenvalue weighted by Crippen LogP contribution is -2.19. The van der Waals surface area contributed by atoms with Crippen molar-refractivity contribution < 1.29 is 0 Å². The predicted molar refractivity (Wildman–Crippen MR) is 81.2 cm³/mol. The van der Waals surface area contributed by atoms with Gasteiger partial charge in [-0.05, 0) is 39.2 Å². The molecule has 3 heterocycles. The summed E-state index contributed by atoms with van der Waals surface area (Å²) in [5.74, 6) is 2.44. The maximum absolute atomic E-state index is 9.37. The van der Waals surface area contributed by atoms with Crippen LogP contribution in [0.5, 0.6) is 0 Å². The number of rotatable bonds is 3. The maximum atomic E-state index is 9.37. The summed E-state index contributed by atoms with van der Waals surface area (Å²) in [6.45, 7) is 6.69. The van der Waals surface area contributed by atoms with Gasteiger partial charge in [-0.25, -0.2) is 0 Å². The molecule has 1 unspecified atom stereocenters. The summed E-state index contributed by atoms with van der Waals surface area (Å²) in [5, 5.41) is 29.4. The lowest BCUT2D eigenvalue weighted by atomic mass is 10.1. The van der Waals surface area contributed by atoms with Crippen LogP contribution in [0, 0.1) is 25.2 Å². The molecule has 2 aromatic rings. The molecule has 0 saturated carbocycles. The fourth-order valence-corrected chi connectivity index (χ4v) is 2.77. The van der Waals surface area contributed by atoms with E-state index in [1.165, 1.54) is 6.42 Å². The van der Waals surface area contributed by atoms with Gasteiger partial charge in [0, 0.05) is 13.0 Å². The quantitative estimate of drug-likeness (QED) is 0.932. The highest BCUT2D eigenvalue weighted by atomic mass is 15.3. The molecule has 22 heavy (non-hydrogen) atoms. The van der Waals surface area contributed by atoms with E-state index in [0.717, 1.165) is 42.3 Å². The lowest BCUT2D eigenvalue weighted by molar-refractivity contribution is 0.500. The summed E-state index contributed by atoms with van der Waals surface area (Å²) in [6.07, 6.45) is 3.30. The molecule has 0 spiro atoms. The zero-order valence-corrected chi connectivity index (χ0v) is 13.1. The monoisotopic (exact) mass is 297 g/mol. The van der Waals surface area contributed by atoms with Gasteiger partial charge in [-0.15, -0.1) is 15.3 Å². The number of anilines is 1. The summed E-state index contributed by atoms with van der Waals surface area (Å²) in [4.78, 5) is 0. The van der Waals surface area contributed by atoms with Crippen LogP contribution in [0.25, 0.3) is 0 Å². The van der Waals surface area contributed by atoms with Crippen molar-refractivity contribution in [2.75, 3.05) is 5.32 Å². The van der Waals surface area contributed by atoms with E-state index in [2.05, 4.69) is 36.3 Å². The lowest BCUT2D eigenvalue weighted by Gasteiger charge is -2.19. The first kappa shape index (κ1) is 14.4. The molecule has 3 rings (SSSR count). The van der Waals surface area contributed by atoms with Crippen LogP contribution in [0.1, 0.15) is 54.3 Å². The smallest absolute Gasteiger partial charge is 0.167 e. The molecule has 0 fully saturated rings. The first-order valence-corrected chi connectivity index (χ1v) is 7.54. The molecule has 7 heteroatoms. The Balaban J connectivity index is 1.89. The number of hydrogen-bond donors (Lipinski definition) is 1. The van der Waals surface area contributed by atoms with Crippen molar-refractivity contribution in [1.29, 1.82) is 5.26 Å². The second-order valence-corrected chi connectivity index (χ2v) is 5.70. The summed E-state index contributed by atoms with van der Waals surface area (Å²) < 4.78 is 2.17. The molecule has 0 bridgehead atoms. The second-order valence-electron chi connectivity index (χ2n) is 5.70. The minimum absolute atomic E-state index is 0.0807. The van der Waals surface area contributed by atoms with E-state index in [-0.39, 0.29) is 6.04 Å². The molecular weight excluding hydrogens is 278 g/mol. The third-order valence-electron chi connectivity index (χ3n) is 4.19. The van der Waals surface area contributed by atoms with Crippen molar-refractivity contribution in [1.82, 2.24) is 25.0 Å². The van der Waals surface area contributed by atoms with E-state index in [4.69, 9.17) is 0 Å². The summed E-state index contributed by atoms with van der Waals surface area (Å²) in [7, 11) is 0. The third-order valence-corrected chi connectivity index (χ3v) is 4.19. The van der Waals surface area contributed by atoms with Gasteiger partial charge in [-0.3, -0.25) is 0 Å². The van der Waals surface area contributed by atoms with E-state index in [0.29, 0.717) is 11.4 Å². The summed E-state index contributed by atoms with van der Waals surface area (Å²) in [5.41, 5.74) is 2.17. The van der Waals surface area contributed by atoms with Gasteiger partial charge in [0.05, 0.1) is 11.7 Å². The molecule has 0 amide bonds. The number of nitriles is 1. The molecule has 2 aromatic heterocycles. The number of fused-ring (bicyclic) bond motifs is 1. The Morgan fingerprint density at radius 3 is 2.77 bits per heavy atom. The van der Waals surface area contributed by atoms with Gasteiger partial charge in [0.15, 0.2) is 11.6 Å². The average Bonchev–Trinajstić information content (AvgIpc) is 2.95. The predicted octanol–water partition coefficient (Wildman–Crippen LogP) is 2.07. The van der Waals surface area contributed by atoms with Gasteiger partial charge in [-0.2, -0.15) is 10.4 Å². The van der Waals surface area contributed by atoms with Gasteiger partial charge >= 0.3 is 0 Å². The Kier molecular flexibility index (Phi) is 3.75. The van der Waals surface area contributed by atoms with E-state index in [1.54, 1.807) is 0 Å². The number of hydrogen-bond acceptors (Lipinski definition) is 6. The number of nitrogens with one attached hydrogen (secondary N) is 1. The SMILES string of the molecule is Cc1nnc(NC(C)c2nnc3n2CCCC3)c(C#N)c1C.